The monoisotopic (exact) mass is 615 g/mol. The van der Waals surface area contributed by atoms with Gasteiger partial charge in [-0.3, -0.25) is 14.5 Å². The van der Waals surface area contributed by atoms with Gasteiger partial charge in [0.2, 0.25) is 5.13 Å². The zero-order chi connectivity index (χ0) is 30.1. The number of ketones is 1. The number of rotatable bonds is 7. The first-order chi connectivity index (χ1) is 20.8. The van der Waals surface area contributed by atoms with Crippen LogP contribution in [0.15, 0.2) is 76.6 Å². The molecule has 6 rings (SSSR count). The Morgan fingerprint density at radius 3 is 2.42 bits per heavy atom. The largest absolute Gasteiger partial charge is 0.507 e. The number of benzene rings is 3. The standard InChI is InChI=1S/C31H25N3O7S2/c1-17-3-5-18(6-4-17)16-42-31-33-32-30(43-31)34-25(19-7-9-20(10-8-19)29(38)39-2)24(27(36)28(34)37)26(35)21-11-12-22-23(15-21)41-14-13-40-22/h3-12,15,25,35H,13-14,16H2,1-2H3/b26-24+/t25-/m1/s1. The molecule has 4 aromatic rings. The molecule has 1 fully saturated rings. The highest BCUT2D eigenvalue weighted by Crippen LogP contribution is 2.45. The van der Waals surface area contributed by atoms with Gasteiger partial charge in [0.1, 0.15) is 19.0 Å². The topological polar surface area (TPSA) is 128 Å². The number of aliphatic hydroxyl groups excluding tert-OH is 1. The quantitative estimate of drug-likeness (QED) is 0.0728. The maximum Gasteiger partial charge on any atom is 0.337 e. The Hall–Kier alpha value is -4.68. The second-order valence-electron chi connectivity index (χ2n) is 9.77. The number of anilines is 1. The minimum atomic E-state index is -1.04. The van der Waals surface area contributed by atoms with E-state index in [1.807, 2.05) is 31.2 Å². The molecule has 43 heavy (non-hydrogen) atoms. The summed E-state index contributed by atoms with van der Waals surface area (Å²) in [5.41, 5.74) is 3.20. The summed E-state index contributed by atoms with van der Waals surface area (Å²) in [6, 6.07) is 18.2. The lowest BCUT2D eigenvalue weighted by Gasteiger charge is -2.23. The van der Waals surface area contributed by atoms with Gasteiger partial charge in [-0.2, -0.15) is 0 Å². The van der Waals surface area contributed by atoms with Crippen LogP contribution in [0.5, 0.6) is 11.5 Å². The van der Waals surface area contributed by atoms with Gasteiger partial charge >= 0.3 is 11.9 Å². The summed E-state index contributed by atoms with van der Waals surface area (Å²) in [5, 5.41) is 20.2. The summed E-state index contributed by atoms with van der Waals surface area (Å²) >= 11 is 2.64. The molecular formula is C31H25N3O7S2. The first kappa shape index (κ1) is 28.4. The third-order valence-corrected chi connectivity index (χ3v) is 9.12. The molecule has 12 heteroatoms. The zero-order valence-corrected chi connectivity index (χ0v) is 24.7. The van der Waals surface area contributed by atoms with Crippen molar-refractivity contribution in [1.29, 1.82) is 0 Å². The number of hydrogen-bond donors (Lipinski definition) is 1. The molecule has 0 spiro atoms. The van der Waals surface area contributed by atoms with Crippen molar-refractivity contribution in [3.8, 4) is 11.5 Å². The number of aromatic nitrogens is 2. The van der Waals surface area contributed by atoms with Gasteiger partial charge in [-0.15, -0.1) is 10.2 Å². The van der Waals surface area contributed by atoms with E-state index in [-0.39, 0.29) is 22.0 Å². The minimum absolute atomic E-state index is 0.128. The third kappa shape index (κ3) is 5.58. The van der Waals surface area contributed by atoms with Crippen molar-refractivity contribution in [3.63, 3.8) is 0 Å². The number of esters is 1. The average molecular weight is 616 g/mol. The number of fused-ring (bicyclic) bond motifs is 1. The van der Waals surface area contributed by atoms with Gasteiger partial charge in [-0.1, -0.05) is 65.1 Å². The van der Waals surface area contributed by atoms with Gasteiger partial charge < -0.3 is 19.3 Å². The number of aliphatic hydroxyl groups is 1. The number of thioether (sulfide) groups is 1. The number of ether oxygens (including phenoxy) is 3. The van der Waals surface area contributed by atoms with Crippen LogP contribution >= 0.6 is 23.1 Å². The summed E-state index contributed by atoms with van der Waals surface area (Å²) in [5.74, 6) is -1.05. The van der Waals surface area contributed by atoms with Crippen LogP contribution in [0, 0.1) is 6.92 Å². The molecule has 3 heterocycles. The number of carbonyl (C=O) groups excluding carboxylic acids is 3. The maximum atomic E-state index is 13.6. The van der Waals surface area contributed by atoms with Crippen LogP contribution in [-0.2, 0) is 20.1 Å². The molecule has 0 saturated carbocycles. The van der Waals surface area contributed by atoms with E-state index in [4.69, 9.17) is 14.2 Å². The predicted octanol–water partition coefficient (Wildman–Crippen LogP) is 5.32. The van der Waals surface area contributed by atoms with Crippen LogP contribution in [0.3, 0.4) is 0 Å². The average Bonchev–Trinajstić information content (AvgIpc) is 3.61. The molecule has 10 nitrogen and oxygen atoms in total. The Balaban J connectivity index is 1.39. The lowest BCUT2D eigenvalue weighted by molar-refractivity contribution is -0.132. The molecule has 2 aliphatic heterocycles. The molecule has 0 aliphatic carbocycles. The Morgan fingerprint density at radius 1 is 1.00 bits per heavy atom. The molecule has 1 atom stereocenters. The van der Waals surface area contributed by atoms with Crippen molar-refractivity contribution < 1.29 is 33.7 Å². The first-order valence-corrected chi connectivity index (χ1v) is 15.1. The summed E-state index contributed by atoms with van der Waals surface area (Å²) in [4.78, 5) is 40.4. The van der Waals surface area contributed by atoms with Crippen molar-refractivity contribution in [2.45, 2.75) is 23.1 Å². The molecule has 0 radical (unpaired) electrons. The van der Waals surface area contributed by atoms with E-state index in [2.05, 4.69) is 10.2 Å². The third-order valence-electron chi connectivity index (χ3n) is 6.99. The van der Waals surface area contributed by atoms with E-state index in [0.717, 1.165) is 11.1 Å². The summed E-state index contributed by atoms with van der Waals surface area (Å²) in [6.07, 6.45) is 0. The normalized spacial score (nSPS) is 17.3. The van der Waals surface area contributed by atoms with E-state index in [1.165, 1.54) is 47.2 Å². The highest BCUT2D eigenvalue weighted by molar-refractivity contribution is 8.00. The van der Waals surface area contributed by atoms with Gasteiger partial charge in [-0.25, -0.2) is 4.79 Å². The van der Waals surface area contributed by atoms with Gasteiger partial charge in [0.15, 0.2) is 15.8 Å². The highest BCUT2D eigenvalue weighted by atomic mass is 32.2. The fraction of sp³-hybridized carbons (Fsp3) is 0.194. The second-order valence-corrected chi connectivity index (χ2v) is 11.9. The van der Waals surface area contributed by atoms with Crippen LogP contribution < -0.4 is 14.4 Å². The van der Waals surface area contributed by atoms with Crippen LogP contribution in [0.2, 0.25) is 0 Å². The summed E-state index contributed by atoms with van der Waals surface area (Å²) in [6.45, 7) is 2.77. The number of aryl methyl sites for hydroxylation is 1. The predicted molar refractivity (Wildman–Crippen MR) is 161 cm³/mol. The fourth-order valence-corrected chi connectivity index (χ4v) is 6.62. The van der Waals surface area contributed by atoms with Crippen LogP contribution in [0.4, 0.5) is 5.13 Å². The second kappa shape index (κ2) is 11.9. The zero-order valence-electron chi connectivity index (χ0n) is 23.1. The van der Waals surface area contributed by atoms with E-state index >= 15 is 0 Å². The van der Waals surface area contributed by atoms with Gasteiger partial charge in [0.25, 0.3) is 5.78 Å². The molecule has 0 unspecified atom stereocenters. The van der Waals surface area contributed by atoms with Crippen molar-refractivity contribution in [2.75, 3.05) is 25.2 Å². The van der Waals surface area contributed by atoms with E-state index in [0.29, 0.717) is 45.9 Å². The SMILES string of the molecule is COC(=O)c1ccc([C@@H]2/C(=C(\O)c3ccc4c(c3)OCCO4)C(=O)C(=O)N2c2nnc(SCc3ccc(C)cc3)s2)cc1. The molecule has 0 bridgehead atoms. The van der Waals surface area contributed by atoms with Crippen molar-refractivity contribution >= 4 is 51.6 Å². The number of amides is 1. The lowest BCUT2D eigenvalue weighted by Crippen LogP contribution is -2.29. The van der Waals surface area contributed by atoms with E-state index in [1.54, 1.807) is 30.3 Å². The van der Waals surface area contributed by atoms with Gasteiger partial charge in [0.05, 0.1) is 24.3 Å². The molecular weight excluding hydrogens is 590 g/mol. The van der Waals surface area contributed by atoms with Crippen LogP contribution in [0.25, 0.3) is 5.76 Å². The molecule has 3 aromatic carbocycles. The Labute approximate surface area is 254 Å². The number of nitrogens with zero attached hydrogens (tertiary/aromatic N) is 3. The number of carbonyl (C=O) groups is 3. The minimum Gasteiger partial charge on any atom is -0.507 e. The number of Topliss-reactive ketones (excluding diaryl/α,β-unsaturated/α-hetero) is 1. The van der Waals surface area contributed by atoms with Gasteiger partial charge in [-0.05, 0) is 48.4 Å². The van der Waals surface area contributed by atoms with Crippen molar-refractivity contribution in [2.24, 2.45) is 0 Å². The van der Waals surface area contributed by atoms with E-state index in [9.17, 15) is 19.5 Å². The van der Waals surface area contributed by atoms with Gasteiger partial charge in [0, 0.05) is 11.3 Å². The Morgan fingerprint density at radius 2 is 1.70 bits per heavy atom. The Bertz CT molecular complexity index is 1750. The number of hydrogen-bond acceptors (Lipinski definition) is 11. The molecule has 218 valence electrons. The fourth-order valence-electron chi connectivity index (χ4n) is 4.80. The van der Waals surface area contributed by atoms with Crippen LogP contribution in [0.1, 0.15) is 38.7 Å². The molecule has 1 amide bonds. The number of methoxy groups -OCH3 is 1. The van der Waals surface area contributed by atoms with Crippen LogP contribution in [-0.4, -0.2) is 53.3 Å². The van der Waals surface area contributed by atoms with Crippen molar-refractivity contribution in [1.82, 2.24) is 10.2 Å². The van der Waals surface area contributed by atoms with E-state index < -0.39 is 23.7 Å². The highest BCUT2D eigenvalue weighted by Gasteiger charge is 2.48. The smallest absolute Gasteiger partial charge is 0.337 e. The summed E-state index contributed by atoms with van der Waals surface area (Å²) in [7, 11) is 1.28. The molecule has 1 aromatic heterocycles. The lowest BCUT2D eigenvalue weighted by atomic mass is 9.94. The molecule has 1 saturated heterocycles. The summed E-state index contributed by atoms with van der Waals surface area (Å²) < 4.78 is 16.6. The molecule has 2 aliphatic rings. The van der Waals surface area contributed by atoms with Crippen molar-refractivity contribution in [3.05, 3.63) is 100 Å². The maximum absolute atomic E-state index is 13.6. The Kier molecular flexibility index (Phi) is 7.87. The molecule has 1 N–H and O–H groups in total. The first-order valence-electron chi connectivity index (χ1n) is 13.2.